The molecule has 0 bridgehead atoms. The van der Waals surface area contributed by atoms with Crippen molar-refractivity contribution >= 4 is 5.96 Å². The molecule has 0 fully saturated rings. The Morgan fingerprint density at radius 3 is 2.67 bits per heavy atom. The van der Waals surface area contributed by atoms with E-state index >= 15 is 0 Å². The van der Waals surface area contributed by atoms with Gasteiger partial charge >= 0.3 is 0 Å². The van der Waals surface area contributed by atoms with E-state index in [-0.39, 0.29) is 12.0 Å². The van der Waals surface area contributed by atoms with E-state index in [2.05, 4.69) is 21.7 Å². The van der Waals surface area contributed by atoms with Crippen molar-refractivity contribution in [1.29, 1.82) is 10.5 Å². The molecule has 7 nitrogen and oxygen atoms in total. The number of aliphatic imine (C=N–C) groups is 1. The maximum absolute atomic E-state index is 10.7. The van der Waals surface area contributed by atoms with Crippen molar-refractivity contribution in [2.75, 3.05) is 0 Å². The molecule has 2 rings (SSSR count). The standard InChI is InChI=1S/C17H21N5O2/c1-10(2)21-16(20-9-19)22-14-12-7-11(8-18)5-6-13(12)24-17(3,4)15(14)23/h5-7,10,14-15,23H,1-4H3,(H2,20,21,22)/t14-,15+/m0/s1. The van der Waals surface area contributed by atoms with E-state index < -0.39 is 17.7 Å². The Balaban J connectivity index is 2.45. The van der Waals surface area contributed by atoms with Crippen LogP contribution in [-0.4, -0.2) is 28.8 Å². The lowest BCUT2D eigenvalue weighted by Gasteiger charge is -2.42. The Hall–Kier alpha value is -2.77. The van der Waals surface area contributed by atoms with Crippen LogP contribution in [0, 0.1) is 22.8 Å². The summed E-state index contributed by atoms with van der Waals surface area (Å²) in [6.07, 6.45) is 0.837. The molecule has 0 saturated carbocycles. The summed E-state index contributed by atoms with van der Waals surface area (Å²) in [5.41, 5.74) is 0.276. The van der Waals surface area contributed by atoms with E-state index in [0.29, 0.717) is 16.9 Å². The van der Waals surface area contributed by atoms with Crippen molar-refractivity contribution in [2.45, 2.75) is 51.5 Å². The zero-order valence-electron chi connectivity index (χ0n) is 14.2. The largest absolute Gasteiger partial charge is 0.485 e. The number of nitrogens with one attached hydrogen (secondary N) is 2. The highest BCUT2D eigenvalue weighted by molar-refractivity contribution is 5.81. The number of aliphatic hydroxyl groups excluding tert-OH is 1. The summed E-state index contributed by atoms with van der Waals surface area (Å²) in [7, 11) is 0. The highest BCUT2D eigenvalue weighted by atomic mass is 16.5. The molecule has 0 unspecified atom stereocenters. The Kier molecular flexibility index (Phi) is 4.96. The number of guanidine groups is 1. The highest BCUT2D eigenvalue weighted by Crippen LogP contribution is 2.40. The first kappa shape index (κ1) is 17.6. The SMILES string of the molecule is CC(C)NC(=NC#N)N[C@H]1c2cc(C#N)ccc2OC(C)(C)[C@@H]1O. The van der Waals surface area contributed by atoms with E-state index in [0.717, 1.165) is 0 Å². The van der Waals surface area contributed by atoms with Crippen LogP contribution in [0.1, 0.15) is 44.9 Å². The van der Waals surface area contributed by atoms with Crippen molar-refractivity contribution in [3.8, 4) is 18.0 Å². The quantitative estimate of drug-likeness (QED) is 0.431. The number of nitriles is 2. The summed E-state index contributed by atoms with van der Waals surface area (Å²) in [5.74, 6) is 0.852. The molecule has 0 aliphatic carbocycles. The summed E-state index contributed by atoms with van der Waals surface area (Å²) < 4.78 is 5.86. The minimum absolute atomic E-state index is 0.0551. The predicted octanol–water partition coefficient (Wildman–Crippen LogP) is 1.56. The van der Waals surface area contributed by atoms with Gasteiger partial charge in [-0.05, 0) is 45.9 Å². The third-order valence-electron chi connectivity index (χ3n) is 3.75. The van der Waals surface area contributed by atoms with Crippen molar-refractivity contribution in [1.82, 2.24) is 10.6 Å². The number of fused-ring (bicyclic) bond motifs is 1. The molecule has 2 atom stereocenters. The Bertz CT molecular complexity index is 727. The third-order valence-corrected chi connectivity index (χ3v) is 3.75. The molecule has 0 spiro atoms. The Morgan fingerprint density at radius 2 is 2.08 bits per heavy atom. The molecule has 126 valence electrons. The molecule has 7 heteroatoms. The van der Waals surface area contributed by atoms with E-state index in [1.165, 1.54) is 0 Å². The minimum Gasteiger partial charge on any atom is -0.485 e. The van der Waals surface area contributed by atoms with Gasteiger partial charge in [-0.2, -0.15) is 10.5 Å². The van der Waals surface area contributed by atoms with Crippen molar-refractivity contribution in [3.63, 3.8) is 0 Å². The molecule has 1 heterocycles. The van der Waals surface area contributed by atoms with Gasteiger partial charge in [-0.25, -0.2) is 0 Å². The zero-order chi connectivity index (χ0) is 17.9. The van der Waals surface area contributed by atoms with Gasteiger partial charge in [-0.1, -0.05) is 0 Å². The summed E-state index contributed by atoms with van der Waals surface area (Å²) in [5, 5.41) is 34.8. The fourth-order valence-corrected chi connectivity index (χ4v) is 2.60. The van der Waals surface area contributed by atoms with Crippen LogP contribution in [0.25, 0.3) is 0 Å². The molecule has 0 aromatic heterocycles. The Morgan fingerprint density at radius 1 is 1.38 bits per heavy atom. The normalized spacial score (nSPS) is 21.9. The number of hydrogen-bond donors (Lipinski definition) is 3. The van der Waals surface area contributed by atoms with Gasteiger partial charge in [-0.3, -0.25) is 0 Å². The van der Waals surface area contributed by atoms with Gasteiger partial charge < -0.3 is 20.5 Å². The second-order valence-corrected chi connectivity index (χ2v) is 6.50. The van der Waals surface area contributed by atoms with Crippen LogP contribution < -0.4 is 15.4 Å². The maximum Gasteiger partial charge on any atom is 0.209 e. The molecule has 3 N–H and O–H groups in total. The van der Waals surface area contributed by atoms with E-state index in [1.54, 1.807) is 38.2 Å². The number of nitrogens with zero attached hydrogens (tertiary/aromatic N) is 3. The first-order valence-electron chi connectivity index (χ1n) is 7.69. The van der Waals surface area contributed by atoms with Gasteiger partial charge in [0.25, 0.3) is 0 Å². The fourth-order valence-electron chi connectivity index (χ4n) is 2.60. The van der Waals surface area contributed by atoms with Crippen LogP contribution in [0.4, 0.5) is 0 Å². The van der Waals surface area contributed by atoms with E-state index in [9.17, 15) is 5.11 Å². The number of aliphatic hydroxyl groups is 1. The monoisotopic (exact) mass is 327 g/mol. The summed E-state index contributed by atoms with van der Waals surface area (Å²) in [4.78, 5) is 3.74. The lowest BCUT2D eigenvalue weighted by Crippen LogP contribution is -2.55. The van der Waals surface area contributed by atoms with Gasteiger partial charge in [0.05, 0.1) is 17.7 Å². The average Bonchev–Trinajstić information content (AvgIpc) is 2.50. The molecular weight excluding hydrogens is 306 g/mol. The van der Waals surface area contributed by atoms with Crippen LogP contribution >= 0.6 is 0 Å². The molecule has 0 saturated heterocycles. The number of hydrogen-bond acceptors (Lipinski definition) is 5. The minimum atomic E-state index is -0.906. The second-order valence-electron chi connectivity index (χ2n) is 6.50. The summed E-state index contributed by atoms with van der Waals surface area (Å²) in [6, 6.07) is 6.62. The van der Waals surface area contributed by atoms with Crippen LogP contribution in [-0.2, 0) is 0 Å². The molecule has 1 aromatic carbocycles. The van der Waals surface area contributed by atoms with Gasteiger partial charge in [0.2, 0.25) is 12.2 Å². The first-order chi connectivity index (χ1) is 11.3. The number of ether oxygens (including phenoxy) is 1. The van der Waals surface area contributed by atoms with Crippen molar-refractivity contribution in [3.05, 3.63) is 29.3 Å². The number of rotatable bonds is 2. The van der Waals surface area contributed by atoms with Crippen LogP contribution in [0.15, 0.2) is 23.2 Å². The maximum atomic E-state index is 10.7. The van der Waals surface area contributed by atoms with Gasteiger partial charge in [0, 0.05) is 11.6 Å². The smallest absolute Gasteiger partial charge is 0.209 e. The molecule has 0 amide bonds. The van der Waals surface area contributed by atoms with Crippen LogP contribution in [0.3, 0.4) is 0 Å². The summed E-state index contributed by atoms with van der Waals surface area (Å²) in [6.45, 7) is 7.40. The molecule has 24 heavy (non-hydrogen) atoms. The Labute approximate surface area is 141 Å². The molecule has 1 aliphatic rings. The molecule has 0 radical (unpaired) electrons. The fraction of sp³-hybridized carbons (Fsp3) is 0.471. The molecule has 1 aromatic rings. The average molecular weight is 327 g/mol. The van der Waals surface area contributed by atoms with Crippen molar-refractivity contribution < 1.29 is 9.84 Å². The number of benzene rings is 1. The van der Waals surface area contributed by atoms with Crippen molar-refractivity contribution in [2.24, 2.45) is 4.99 Å². The van der Waals surface area contributed by atoms with Crippen LogP contribution in [0.5, 0.6) is 5.75 Å². The lowest BCUT2D eigenvalue weighted by atomic mass is 9.86. The van der Waals surface area contributed by atoms with Gasteiger partial charge in [0.1, 0.15) is 17.5 Å². The second kappa shape index (κ2) is 6.77. The van der Waals surface area contributed by atoms with E-state index in [1.807, 2.05) is 13.8 Å². The molecule has 1 aliphatic heterocycles. The zero-order valence-corrected chi connectivity index (χ0v) is 14.2. The van der Waals surface area contributed by atoms with Gasteiger partial charge in [0.15, 0.2) is 0 Å². The summed E-state index contributed by atoms with van der Waals surface area (Å²) >= 11 is 0. The van der Waals surface area contributed by atoms with Crippen LogP contribution in [0.2, 0.25) is 0 Å². The lowest BCUT2D eigenvalue weighted by molar-refractivity contribution is -0.0612. The highest BCUT2D eigenvalue weighted by Gasteiger charge is 2.43. The van der Waals surface area contributed by atoms with E-state index in [4.69, 9.17) is 15.3 Å². The first-order valence-corrected chi connectivity index (χ1v) is 7.69. The third kappa shape index (κ3) is 3.58. The van der Waals surface area contributed by atoms with Gasteiger partial charge in [-0.15, -0.1) is 4.99 Å². The topological polar surface area (TPSA) is 113 Å². The molecular formula is C17H21N5O2. The predicted molar refractivity (Wildman–Crippen MR) is 89.1 cm³/mol.